The molecule has 2 rings (SSSR count). The Morgan fingerprint density at radius 1 is 1.13 bits per heavy atom. The zero-order valence-corrected chi connectivity index (χ0v) is 13.8. The van der Waals surface area contributed by atoms with E-state index in [1.54, 1.807) is 12.1 Å². The lowest BCUT2D eigenvalue weighted by Gasteiger charge is -2.12. The molecule has 0 saturated heterocycles. The van der Waals surface area contributed by atoms with Gasteiger partial charge in [0.15, 0.2) is 0 Å². The number of rotatable bonds is 8. The van der Waals surface area contributed by atoms with Crippen LogP contribution in [0.2, 0.25) is 0 Å². The van der Waals surface area contributed by atoms with Crippen LogP contribution in [0.4, 0.5) is 15.8 Å². The molecular formula is C19H25FN2O. The maximum absolute atomic E-state index is 12.8. The molecule has 3 nitrogen and oxygen atoms in total. The summed E-state index contributed by atoms with van der Waals surface area (Å²) >= 11 is 0. The zero-order valence-electron chi connectivity index (χ0n) is 13.8. The molecule has 23 heavy (non-hydrogen) atoms. The van der Waals surface area contributed by atoms with Gasteiger partial charge < -0.3 is 15.8 Å². The van der Waals surface area contributed by atoms with E-state index < -0.39 is 0 Å². The van der Waals surface area contributed by atoms with Crippen LogP contribution in [0.25, 0.3) is 0 Å². The van der Waals surface area contributed by atoms with Gasteiger partial charge in [-0.3, -0.25) is 0 Å². The maximum Gasteiger partial charge on any atom is 0.142 e. The van der Waals surface area contributed by atoms with E-state index in [1.165, 1.54) is 17.7 Å². The van der Waals surface area contributed by atoms with E-state index in [1.807, 2.05) is 12.1 Å². The van der Waals surface area contributed by atoms with Crippen molar-refractivity contribution in [2.45, 2.75) is 26.7 Å². The molecule has 0 aromatic heterocycles. The number of hydrogen-bond acceptors (Lipinski definition) is 3. The zero-order chi connectivity index (χ0) is 16.7. The number of aryl methyl sites for hydroxylation is 1. The second kappa shape index (κ2) is 8.42. The molecule has 0 aliphatic heterocycles. The molecule has 4 heteroatoms. The second-order valence-electron chi connectivity index (χ2n) is 6.11. The molecule has 2 aromatic carbocycles. The highest BCUT2D eigenvalue weighted by Crippen LogP contribution is 2.23. The number of ether oxygens (including phenoxy) is 1. The first-order valence-corrected chi connectivity index (χ1v) is 8.05. The van der Waals surface area contributed by atoms with Crippen LogP contribution in [0, 0.1) is 11.7 Å². The summed E-state index contributed by atoms with van der Waals surface area (Å²) in [6, 6.07) is 12.4. The molecule has 0 bridgehead atoms. The third kappa shape index (κ3) is 5.81. The third-order valence-electron chi connectivity index (χ3n) is 3.46. The number of nitrogen functional groups attached to an aromatic ring is 1. The van der Waals surface area contributed by atoms with Gasteiger partial charge in [0.05, 0.1) is 12.3 Å². The Balaban J connectivity index is 1.77. The van der Waals surface area contributed by atoms with Crippen LogP contribution in [-0.4, -0.2) is 13.2 Å². The molecule has 0 aliphatic rings. The summed E-state index contributed by atoms with van der Waals surface area (Å²) in [7, 11) is 0. The van der Waals surface area contributed by atoms with Crippen molar-refractivity contribution in [3.05, 3.63) is 53.8 Å². The van der Waals surface area contributed by atoms with Crippen LogP contribution < -0.4 is 15.8 Å². The molecule has 0 heterocycles. The van der Waals surface area contributed by atoms with Crippen molar-refractivity contribution < 1.29 is 9.13 Å². The topological polar surface area (TPSA) is 47.3 Å². The Morgan fingerprint density at radius 2 is 1.87 bits per heavy atom. The van der Waals surface area contributed by atoms with Gasteiger partial charge in [0.25, 0.3) is 0 Å². The Morgan fingerprint density at radius 3 is 2.52 bits per heavy atom. The van der Waals surface area contributed by atoms with Crippen molar-refractivity contribution in [2.24, 2.45) is 5.92 Å². The molecule has 0 unspecified atom stereocenters. The summed E-state index contributed by atoms with van der Waals surface area (Å²) in [5.41, 5.74) is 8.86. The lowest BCUT2D eigenvalue weighted by atomic mass is 10.1. The van der Waals surface area contributed by atoms with Crippen LogP contribution in [-0.2, 0) is 6.42 Å². The summed E-state index contributed by atoms with van der Waals surface area (Å²) in [5.74, 6) is 1.02. The van der Waals surface area contributed by atoms with Gasteiger partial charge in [-0.05, 0) is 60.7 Å². The minimum absolute atomic E-state index is 0.217. The molecule has 0 saturated carbocycles. The van der Waals surface area contributed by atoms with E-state index in [-0.39, 0.29) is 5.82 Å². The van der Waals surface area contributed by atoms with Gasteiger partial charge in [-0.1, -0.05) is 19.9 Å². The Labute approximate surface area is 137 Å². The van der Waals surface area contributed by atoms with E-state index in [9.17, 15) is 4.39 Å². The highest BCUT2D eigenvalue weighted by atomic mass is 19.1. The maximum atomic E-state index is 12.8. The van der Waals surface area contributed by atoms with Crippen molar-refractivity contribution in [2.75, 3.05) is 24.2 Å². The number of nitrogens with one attached hydrogen (secondary N) is 1. The molecule has 0 aliphatic carbocycles. The number of benzene rings is 2. The van der Waals surface area contributed by atoms with E-state index in [0.717, 1.165) is 30.8 Å². The standard InChI is InChI=1S/C19H25FN2O/c1-14(2)13-23-19-10-5-15(12-18(19)21)4-3-11-22-17-8-6-16(20)7-9-17/h5-10,12,14,22H,3-4,11,13,21H2,1-2H3. The van der Waals surface area contributed by atoms with E-state index >= 15 is 0 Å². The van der Waals surface area contributed by atoms with Gasteiger partial charge in [0.1, 0.15) is 11.6 Å². The highest BCUT2D eigenvalue weighted by molar-refractivity contribution is 5.54. The quantitative estimate of drug-likeness (QED) is 0.557. The van der Waals surface area contributed by atoms with Crippen LogP contribution >= 0.6 is 0 Å². The minimum atomic E-state index is -0.217. The van der Waals surface area contributed by atoms with Crippen molar-refractivity contribution in [3.8, 4) is 5.75 Å². The van der Waals surface area contributed by atoms with Gasteiger partial charge in [-0.2, -0.15) is 0 Å². The molecule has 0 amide bonds. The van der Waals surface area contributed by atoms with Crippen molar-refractivity contribution in [1.29, 1.82) is 0 Å². The SMILES string of the molecule is CC(C)COc1ccc(CCCNc2ccc(F)cc2)cc1N. The molecular weight excluding hydrogens is 291 g/mol. The van der Waals surface area contributed by atoms with Gasteiger partial charge in [-0.25, -0.2) is 4.39 Å². The average Bonchev–Trinajstić information content (AvgIpc) is 2.52. The van der Waals surface area contributed by atoms with Crippen LogP contribution in [0.1, 0.15) is 25.8 Å². The first-order valence-electron chi connectivity index (χ1n) is 8.05. The average molecular weight is 316 g/mol. The Bertz CT molecular complexity index is 611. The van der Waals surface area contributed by atoms with Crippen molar-refractivity contribution >= 4 is 11.4 Å². The smallest absolute Gasteiger partial charge is 0.142 e. The summed E-state index contributed by atoms with van der Waals surface area (Å²) in [5, 5.41) is 3.28. The lowest BCUT2D eigenvalue weighted by Crippen LogP contribution is -2.07. The van der Waals surface area contributed by atoms with Gasteiger partial charge >= 0.3 is 0 Å². The first-order chi connectivity index (χ1) is 11.0. The van der Waals surface area contributed by atoms with Gasteiger partial charge in [0, 0.05) is 12.2 Å². The van der Waals surface area contributed by atoms with E-state index in [0.29, 0.717) is 18.2 Å². The summed E-state index contributed by atoms with van der Waals surface area (Å²) in [4.78, 5) is 0. The first kappa shape index (κ1) is 17.1. The third-order valence-corrected chi connectivity index (χ3v) is 3.46. The lowest BCUT2D eigenvalue weighted by molar-refractivity contribution is 0.272. The van der Waals surface area contributed by atoms with Crippen LogP contribution in [0.5, 0.6) is 5.75 Å². The van der Waals surface area contributed by atoms with Crippen molar-refractivity contribution in [1.82, 2.24) is 0 Å². The molecule has 3 N–H and O–H groups in total. The van der Waals surface area contributed by atoms with Crippen LogP contribution in [0.15, 0.2) is 42.5 Å². The Kier molecular flexibility index (Phi) is 6.27. The number of anilines is 2. The number of hydrogen-bond donors (Lipinski definition) is 2. The molecule has 0 radical (unpaired) electrons. The molecule has 124 valence electrons. The van der Waals surface area contributed by atoms with Crippen molar-refractivity contribution in [3.63, 3.8) is 0 Å². The van der Waals surface area contributed by atoms with Gasteiger partial charge in [0.2, 0.25) is 0 Å². The number of halogens is 1. The predicted octanol–water partition coefficient (Wildman–Crippen LogP) is 4.49. The summed E-state index contributed by atoms with van der Waals surface area (Å²) in [6.45, 7) is 5.72. The molecule has 0 atom stereocenters. The monoisotopic (exact) mass is 316 g/mol. The highest BCUT2D eigenvalue weighted by Gasteiger charge is 2.04. The summed E-state index contributed by atoms with van der Waals surface area (Å²) < 4.78 is 18.5. The van der Waals surface area contributed by atoms with E-state index in [4.69, 9.17) is 10.5 Å². The fraction of sp³-hybridized carbons (Fsp3) is 0.368. The minimum Gasteiger partial charge on any atom is -0.491 e. The normalized spacial score (nSPS) is 10.8. The summed E-state index contributed by atoms with van der Waals surface area (Å²) in [6.07, 6.45) is 1.91. The fourth-order valence-corrected chi connectivity index (χ4v) is 2.23. The Hall–Kier alpha value is -2.23. The van der Waals surface area contributed by atoms with E-state index in [2.05, 4.69) is 25.2 Å². The molecule has 2 aromatic rings. The van der Waals surface area contributed by atoms with Crippen LogP contribution in [0.3, 0.4) is 0 Å². The van der Waals surface area contributed by atoms with Gasteiger partial charge in [-0.15, -0.1) is 0 Å². The largest absolute Gasteiger partial charge is 0.491 e. The second-order valence-corrected chi connectivity index (χ2v) is 6.11. The predicted molar refractivity (Wildman–Crippen MR) is 94.4 cm³/mol. The number of nitrogens with two attached hydrogens (primary N) is 1. The molecule has 0 fully saturated rings. The molecule has 0 spiro atoms. The fourth-order valence-electron chi connectivity index (χ4n) is 2.23.